The van der Waals surface area contributed by atoms with Gasteiger partial charge < -0.3 is 9.73 Å². The van der Waals surface area contributed by atoms with Gasteiger partial charge in [0.1, 0.15) is 23.9 Å². The molecule has 0 saturated carbocycles. The lowest BCUT2D eigenvalue weighted by molar-refractivity contribution is -0.384. The summed E-state index contributed by atoms with van der Waals surface area (Å²) in [7, 11) is 0. The highest BCUT2D eigenvalue weighted by Crippen LogP contribution is 2.35. The van der Waals surface area contributed by atoms with Crippen LogP contribution < -0.4 is 5.32 Å². The molecule has 0 bridgehead atoms. The van der Waals surface area contributed by atoms with E-state index in [0.29, 0.717) is 17.4 Å². The minimum Gasteiger partial charge on any atom is -0.456 e. The number of thioether (sulfide) groups is 1. The standard InChI is InChI=1S/C23H16FN3O6S/c1-13-2-8-17(18(10-13)27(31)32)19-9-7-16(33-19)11-20-22(29)26(23(30)34-20)12-21(28)25-15-5-3-14(24)4-6-15/h2-11H,12H2,1H3,(H,25,28)/b20-11+. The van der Waals surface area contributed by atoms with E-state index in [-0.39, 0.29) is 27.7 Å². The summed E-state index contributed by atoms with van der Waals surface area (Å²) in [6.45, 7) is 1.22. The molecule has 9 nitrogen and oxygen atoms in total. The first-order chi connectivity index (χ1) is 16.2. The predicted octanol–water partition coefficient (Wildman–Crippen LogP) is 4.98. The minimum absolute atomic E-state index is 0.0406. The van der Waals surface area contributed by atoms with Crippen LogP contribution in [0.5, 0.6) is 0 Å². The van der Waals surface area contributed by atoms with Gasteiger partial charge >= 0.3 is 0 Å². The molecule has 0 unspecified atom stereocenters. The summed E-state index contributed by atoms with van der Waals surface area (Å²) in [6, 6.07) is 12.8. The van der Waals surface area contributed by atoms with Crippen molar-refractivity contribution < 1.29 is 28.1 Å². The average Bonchev–Trinajstić information content (AvgIpc) is 3.35. The summed E-state index contributed by atoms with van der Waals surface area (Å²) in [5, 5.41) is 13.2. The smallest absolute Gasteiger partial charge is 0.294 e. The Bertz CT molecular complexity index is 1350. The fourth-order valence-electron chi connectivity index (χ4n) is 3.22. The number of imide groups is 1. The molecule has 34 heavy (non-hydrogen) atoms. The van der Waals surface area contributed by atoms with E-state index in [9.17, 15) is 28.9 Å². The summed E-state index contributed by atoms with van der Waals surface area (Å²) in [5.74, 6) is -1.32. The maximum Gasteiger partial charge on any atom is 0.294 e. The second kappa shape index (κ2) is 9.32. The molecular weight excluding hydrogens is 465 g/mol. The van der Waals surface area contributed by atoms with Gasteiger partial charge in [0.05, 0.1) is 15.4 Å². The van der Waals surface area contributed by atoms with Crippen molar-refractivity contribution in [2.75, 3.05) is 11.9 Å². The Morgan fingerprint density at radius 1 is 1.18 bits per heavy atom. The molecule has 2 heterocycles. The number of nitro benzene ring substituents is 1. The van der Waals surface area contributed by atoms with Gasteiger partial charge in [-0.1, -0.05) is 6.07 Å². The van der Waals surface area contributed by atoms with Crippen molar-refractivity contribution in [3.8, 4) is 11.3 Å². The van der Waals surface area contributed by atoms with Gasteiger partial charge in [0.15, 0.2) is 0 Å². The Morgan fingerprint density at radius 3 is 2.62 bits per heavy atom. The van der Waals surface area contributed by atoms with E-state index in [2.05, 4.69) is 5.32 Å². The highest BCUT2D eigenvalue weighted by Gasteiger charge is 2.36. The highest BCUT2D eigenvalue weighted by molar-refractivity contribution is 8.18. The van der Waals surface area contributed by atoms with E-state index in [1.54, 1.807) is 19.1 Å². The Morgan fingerprint density at radius 2 is 1.91 bits per heavy atom. The number of carbonyl (C=O) groups is 3. The largest absolute Gasteiger partial charge is 0.456 e. The number of rotatable bonds is 6. The lowest BCUT2D eigenvalue weighted by Gasteiger charge is -2.12. The summed E-state index contributed by atoms with van der Waals surface area (Å²) >= 11 is 0.643. The van der Waals surface area contributed by atoms with Crippen LogP contribution in [0, 0.1) is 22.9 Å². The summed E-state index contributed by atoms with van der Waals surface area (Å²) in [5.41, 5.74) is 1.20. The van der Waals surface area contributed by atoms with E-state index in [1.807, 2.05) is 0 Å². The van der Waals surface area contributed by atoms with Gasteiger partial charge in [-0.2, -0.15) is 0 Å². The molecular formula is C23H16FN3O6S. The summed E-state index contributed by atoms with van der Waals surface area (Å²) in [4.78, 5) is 48.9. The third kappa shape index (κ3) is 4.89. The van der Waals surface area contributed by atoms with Crippen LogP contribution in [-0.2, 0) is 9.59 Å². The number of amides is 3. The number of anilines is 1. The number of benzene rings is 2. The van der Waals surface area contributed by atoms with Crippen LogP contribution >= 0.6 is 11.8 Å². The van der Waals surface area contributed by atoms with Crippen molar-refractivity contribution in [1.29, 1.82) is 0 Å². The molecule has 0 aliphatic carbocycles. The van der Waals surface area contributed by atoms with Crippen LogP contribution in [-0.4, -0.2) is 33.4 Å². The first-order valence-corrected chi connectivity index (χ1v) is 10.7. The molecule has 3 amide bonds. The molecule has 0 atom stereocenters. The molecule has 172 valence electrons. The van der Waals surface area contributed by atoms with Crippen LogP contribution in [0.25, 0.3) is 17.4 Å². The first kappa shape index (κ1) is 22.9. The third-order valence-electron chi connectivity index (χ3n) is 4.82. The number of furan rings is 1. The lowest BCUT2D eigenvalue weighted by atomic mass is 10.1. The van der Waals surface area contributed by atoms with Gasteiger partial charge in [-0.15, -0.1) is 0 Å². The van der Waals surface area contributed by atoms with Crippen LogP contribution in [0.4, 0.5) is 20.6 Å². The first-order valence-electron chi connectivity index (χ1n) is 9.87. The van der Waals surface area contributed by atoms with Crippen LogP contribution in [0.2, 0.25) is 0 Å². The second-order valence-corrected chi connectivity index (χ2v) is 8.30. The molecule has 1 aliphatic heterocycles. The van der Waals surface area contributed by atoms with E-state index < -0.39 is 34.3 Å². The van der Waals surface area contributed by atoms with Crippen LogP contribution in [0.3, 0.4) is 0 Å². The van der Waals surface area contributed by atoms with Gasteiger partial charge in [0.25, 0.3) is 16.8 Å². The van der Waals surface area contributed by atoms with Gasteiger partial charge in [-0.25, -0.2) is 4.39 Å². The number of nitro groups is 1. The maximum absolute atomic E-state index is 13.0. The molecule has 1 fully saturated rings. The molecule has 4 rings (SSSR count). The number of hydrogen-bond donors (Lipinski definition) is 1. The van der Waals surface area contributed by atoms with E-state index in [4.69, 9.17) is 4.42 Å². The lowest BCUT2D eigenvalue weighted by Crippen LogP contribution is -2.36. The number of carbonyl (C=O) groups excluding carboxylic acids is 3. The van der Waals surface area contributed by atoms with Gasteiger partial charge in [-0.05, 0) is 66.7 Å². The Labute approximate surface area is 196 Å². The molecule has 1 aliphatic rings. The van der Waals surface area contributed by atoms with Crippen LogP contribution in [0.15, 0.2) is 63.9 Å². The van der Waals surface area contributed by atoms with E-state index in [0.717, 1.165) is 10.5 Å². The van der Waals surface area contributed by atoms with Crippen molar-refractivity contribution in [2.45, 2.75) is 6.92 Å². The number of hydrogen-bond acceptors (Lipinski definition) is 7. The van der Waals surface area contributed by atoms with E-state index in [1.165, 1.54) is 48.5 Å². The number of aryl methyl sites for hydroxylation is 1. The van der Waals surface area contributed by atoms with Crippen molar-refractivity contribution in [3.05, 3.63) is 86.8 Å². The average molecular weight is 481 g/mol. The molecule has 0 spiro atoms. The zero-order valence-electron chi connectivity index (χ0n) is 17.6. The zero-order valence-corrected chi connectivity index (χ0v) is 18.4. The molecule has 3 aromatic rings. The number of nitrogens with one attached hydrogen (secondary N) is 1. The Kier molecular flexibility index (Phi) is 6.28. The Hall–Kier alpha value is -4.25. The number of nitrogens with zero attached hydrogens (tertiary/aromatic N) is 2. The van der Waals surface area contributed by atoms with Crippen LogP contribution in [0.1, 0.15) is 11.3 Å². The van der Waals surface area contributed by atoms with Crippen molar-refractivity contribution in [3.63, 3.8) is 0 Å². The molecule has 0 radical (unpaired) electrons. The molecule has 11 heteroatoms. The fourth-order valence-corrected chi connectivity index (χ4v) is 4.04. The number of halogens is 1. The van der Waals surface area contributed by atoms with Crippen molar-refractivity contribution in [2.24, 2.45) is 0 Å². The second-order valence-electron chi connectivity index (χ2n) is 7.30. The molecule has 2 aromatic carbocycles. The predicted molar refractivity (Wildman–Crippen MR) is 123 cm³/mol. The highest BCUT2D eigenvalue weighted by atomic mass is 32.2. The minimum atomic E-state index is -0.677. The topological polar surface area (TPSA) is 123 Å². The van der Waals surface area contributed by atoms with E-state index >= 15 is 0 Å². The van der Waals surface area contributed by atoms with Gasteiger partial charge in [0, 0.05) is 17.8 Å². The zero-order chi connectivity index (χ0) is 24.4. The van der Waals surface area contributed by atoms with Crippen molar-refractivity contribution >= 4 is 46.3 Å². The summed E-state index contributed by atoms with van der Waals surface area (Å²) in [6.07, 6.45) is 1.34. The van der Waals surface area contributed by atoms with Gasteiger partial charge in [-0.3, -0.25) is 29.4 Å². The normalized spacial score (nSPS) is 14.6. The van der Waals surface area contributed by atoms with Gasteiger partial charge in [0.2, 0.25) is 5.91 Å². The fraction of sp³-hybridized carbons (Fsp3) is 0.0870. The SMILES string of the molecule is Cc1ccc(-c2ccc(/C=C3/SC(=O)N(CC(=O)Nc4ccc(F)cc4)C3=O)o2)c([N+](=O)[O-])c1. The third-order valence-corrected chi connectivity index (χ3v) is 5.73. The molecule has 1 N–H and O–H groups in total. The quantitative estimate of drug-likeness (QED) is 0.299. The molecule has 1 aromatic heterocycles. The van der Waals surface area contributed by atoms with Crippen molar-refractivity contribution in [1.82, 2.24) is 4.90 Å². The summed E-state index contributed by atoms with van der Waals surface area (Å²) < 4.78 is 18.7. The molecule has 1 saturated heterocycles. The monoisotopic (exact) mass is 481 g/mol. The Balaban J connectivity index is 1.49. The maximum atomic E-state index is 13.0.